The van der Waals surface area contributed by atoms with Crippen LogP contribution in [0, 0.1) is 0 Å². The van der Waals surface area contributed by atoms with Gasteiger partial charge < -0.3 is 19.2 Å². The monoisotopic (exact) mass is 783 g/mol. The normalized spacial score (nSPS) is 13.1. The highest BCUT2D eigenvalue weighted by Gasteiger charge is 2.46. The summed E-state index contributed by atoms with van der Waals surface area (Å²) in [7, 11) is -4.13. The van der Waals surface area contributed by atoms with Crippen LogP contribution in [-0.4, -0.2) is 63.8 Å². The predicted octanol–water partition coefficient (Wildman–Crippen LogP) is 8.22. The van der Waals surface area contributed by atoms with Crippen molar-refractivity contribution >= 4 is 65.6 Å². The lowest BCUT2D eigenvalue weighted by Crippen LogP contribution is -2.30. The van der Waals surface area contributed by atoms with Gasteiger partial charge in [0.25, 0.3) is 0 Å². The summed E-state index contributed by atoms with van der Waals surface area (Å²) in [6.45, 7) is 14.5. The molecule has 4 rings (SSSR count). The Bertz CT molecular complexity index is 2160. The van der Waals surface area contributed by atoms with Crippen LogP contribution in [0.15, 0.2) is 33.6 Å². The number of fused-ring (bicyclic) bond motifs is 2. The first-order valence-electron chi connectivity index (χ1n) is 15.3. The summed E-state index contributed by atoms with van der Waals surface area (Å²) in [4.78, 5) is 52.2. The highest BCUT2D eigenvalue weighted by Crippen LogP contribution is 2.43. The fourth-order valence-electron chi connectivity index (χ4n) is 4.88. The average Bonchev–Trinajstić information content (AvgIpc) is 3.31. The second kappa shape index (κ2) is 12.9. The third-order valence-corrected chi connectivity index (χ3v) is 8.95. The van der Waals surface area contributed by atoms with Gasteiger partial charge in [0.15, 0.2) is 15.5 Å². The molecule has 11 nitrogen and oxygen atoms in total. The van der Waals surface area contributed by atoms with Crippen molar-refractivity contribution in [2.75, 3.05) is 5.75 Å². The van der Waals surface area contributed by atoms with Crippen molar-refractivity contribution in [2.24, 2.45) is 0 Å². The van der Waals surface area contributed by atoms with Crippen LogP contribution < -0.4 is 0 Å². The van der Waals surface area contributed by atoms with Crippen molar-refractivity contribution in [3.05, 3.63) is 51.1 Å². The van der Waals surface area contributed by atoms with E-state index in [1.165, 1.54) is 75.3 Å². The molecule has 1 aromatic carbocycles. The van der Waals surface area contributed by atoms with Gasteiger partial charge in [0.1, 0.15) is 44.7 Å². The fourth-order valence-corrected chi connectivity index (χ4v) is 6.28. The molecule has 0 unspecified atom stereocenters. The molecular weight excluding hydrogens is 747 g/mol. The van der Waals surface area contributed by atoms with Crippen LogP contribution >= 0.6 is 15.9 Å². The van der Waals surface area contributed by atoms with Crippen LogP contribution in [0.4, 0.5) is 13.2 Å². The highest BCUT2D eigenvalue weighted by atomic mass is 79.9. The van der Waals surface area contributed by atoms with Gasteiger partial charge in [-0.3, -0.25) is 0 Å². The minimum Gasteiger partial charge on any atom is -0.456 e. The van der Waals surface area contributed by atoms with Gasteiger partial charge in [-0.05, 0) is 80.5 Å². The topological polar surface area (TPSA) is 155 Å². The van der Waals surface area contributed by atoms with Crippen LogP contribution in [0.25, 0.3) is 33.3 Å². The van der Waals surface area contributed by atoms with Crippen molar-refractivity contribution in [3.8, 4) is 11.4 Å². The molecule has 0 aliphatic heterocycles. The number of esters is 3. The molecule has 0 atom stereocenters. The zero-order valence-corrected chi connectivity index (χ0v) is 31.5. The maximum atomic E-state index is 15.1. The number of ether oxygens (including phenoxy) is 3. The molecule has 50 heavy (non-hydrogen) atoms. The van der Waals surface area contributed by atoms with E-state index in [-0.39, 0.29) is 16.1 Å². The first-order valence-corrected chi connectivity index (χ1v) is 17.8. The third-order valence-electron chi connectivity index (χ3n) is 6.71. The van der Waals surface area contributed by atoms with Crippen molar-refractivity contribution in [1.29, 1.82) is 0 Å². The summed E-state index contributed by atoms with van der Waals surface area (Å²) in [5, 5.41) is 0.401. The first-order chi connectivity index (χ1) is 22.6. The number of carbonyl (C=O) groups excluding carboxylic acids is 3. The van der Waals surface area contributed by atoms with E-state index >= 15 is 13.2 Å². The largest absolute Gasteiger partial charge is 0.456 e. The van der Waals surface area contributed by atoms with Gasteiger partial charge in [0.2, 0.25) is 0 Å². The molecule has 0 amide bonds. The molecule has 0 spiro atoms. The smallest absolute Gasteiger partial charge is 0.419 e. The van der Waals surface area contributed by atoms with Gasteiger partial charge in [-0.2, -0.15) is 13.2 Å². The number of halogens is 4. The van der Waals surface area contributed by atoms with E-state index < -0.39 is 95.6 Å². The first kappa shape index (κ1) is 38.7. The number of nitrogens with one attached hydrogen (secondary N) is 1. The number of benzene rings is 1. The highest BCUT2D eigenvalue weighted by molar-refractivity contribution is 9.10. The number of hydrogen-bond donors (Lipinski definition) is 1. The maximum absolute atomic E-state index is 15.1. The van der Waals surface area contributed by atoms with Gasteiger partial charge in [-0.1, -0.05) is 28.9 Å². The second-order valence-corrected chi connectivity index (χ2v) is 17.6. The summed E-state index contributed by atoms with van der Waals surface area (Å²) in [5.41, 5.74) is -10.5. The van der Waals surface area contributed by atoms with Gasteiger partial charge in [0, 0.05) is 9.86 Å². The standard InChI is InChI=1S/C34H37BrF3N3O8S/c1-11-50(45,46)19-14-16-12-13-17(35)15-18(16)39-23(19)25-21(29(43)48-32(5,6)7)26-24(40-25)20(28(42)47-31(2,3)4)22(34(36,37)38)27(41-26)30(44)49-33(8,9)10/h12-15,40H,11H2,1-10H3. The van der Waals surface area contributed by atoms with Crippen molar-refractivity contribution in [1.82, 2.24) is 15.0 Å². The number of aromatic amines is 1. The zero-order valence-electron chi connectivity index (χ0n) is 29.1. The lowest BCUT2D eigenvalue weighted by Gasteiger charge is -2.24. The predicted molar refractivity (Wildman–Crippen MR) is 183 cm³/mol. The Morgan fingerprint density at radius 2 is 1.32 bits per heavy atom. The molecule has 0 saturated heterocycles. The fraction of sp³-hybridized carbons (Fsp3) is 0.441. The number of pyridine rings is 2. The number of carbonyl (C=O) groups is 3. The van der Waals surface area contributed by atoms with Crippen molar-refractivity contribution in [3.63, 3.8) is 0 Å². The molecule has 0 aliphatic rings. The molecule has 4 aromatic rings. The quantitative estimate of drug-likeness (QED) is 0.149. The summed E-state index contributed by atoms with van der Waals surface area (Å²) < 4.78 is 89.1. The summed E-state index contributed by atoms with van der Waals surface area (Å²) in [5.74, 6) is -4.62. The summed E-state index contributed by atoms with van der Waals surface area (Å²) in [6, 6.07) is 6.16. The Hall–Kier alpha value is -4.05. The maximum Gasteiger partial charge on any atom is 0.419 e. The van der Waals surface area contributed by atoms with E-state index in [0.29, 0.717) is 9.86 Å². The average molecular weight is 785 g/mol. The zero-order chi connectivity index (χ0) is 37.9. The van der Waals surface area contributed by atoms with Gasteiger partial charge in [-0.15, -0.1) is 0 Å². The molecule has 0 fully saturated rings. The lowest BCUT2D eigenvalue weighted by molar-refractivity contribution is -0.139. The van der Waals surface area contributed by atoms with Crippen LogP contribution in [0.1, 0.15) is 106 Å². The van der Waals surface area contributed by atoms with E-state index in [9.17, 15) is 22.8 Å². The molecule has 3 heterocycles. The summed E-state index contributed by atoms with van der Waals surface area (Å²) >= 11 is 3.35. The number of H-pyrrole nitrogens is 1. The Morgan fingerprint density at radius 1 is 0.800 bits per heavy atom. The Labute approximate surface area is 295 Å². The number of alkyl halides is 3. The number of sulfone groups is 1. The molecule has 270 valence electrons. The minimum atomic E-state index is -5.39. The van der Waals surface area contributed by atoms with Gasteiger partial charge in [0.05, 0.1) is 27.4 Å². The molecule has 3 aromatic heterocycles. The second-order valence-electron chi connectivity index (χ2n) is 14.4. The van der Waals surface area contributed by atoms with E-state index in [1.807, 2.05) is 0 Å². The molecule has 0 saturated carbocycles. The Balaban J connectivity index is 2.34. The van der Waals surface area contributed by atoms with Crippen LogP contribution in [0.2, 0.25) is 0 Å². The SMILES string of the molecule is CCS(=O)(=O)c1cc2ccc(Br)cc2nc1-c1[nH]c2c(C(=O)OC(C)(C)C)c(C(F)(F)F)c(C(=O)OC(C)(C)C)nc2c1C(=O)OC(C)(C)C. The number of nitrogens with zero attached hydrogens (tertiary/aromatic N) is 2. The van der Waals surface area contributed by atoms with E-state index in [1.54, 1.807) is 18.2 Å². The molecule has 0 bridgehead atoms. The minimum absolute atomic E-state index is 0.254. The number of hydrogen-bond acceptors (Lipinski definition) is 10. The van der Waals surface area contributed by atoms with Crippen molar-refractivity contribution in [2.45, 2.75) is 97.1 Å². The summed E-state index contributed by atoms with van der Waals surface area (Å²) in [6.07, 6.45) is -5.39. The number of aromatic nitrogens is 3. The Morgan fingerprint density at radius 3 is 1.82 bits per heavy atom. The molecule has 0 radical (unpaired) electrons. The molecule has 16 heteroatoms. The van der Waals surface area contributed by atoms with E-state index in [2.05, 4.69) is 30.9 Å². The third kappa shape index (κ3) is 8.28. The van der Waals surface area contributed by atoms with Crippen LogP contribution in [0.5, 0.6) is 0 Å². The molecule has 1 N–H and O–H groups in total. The van der Waals surface area contributed by atoms with Crippen LogP contribution in [0.3, 0.4) is 0 Å². The molecule has 0 aliphatic carbocycles. The van der Waals surface area contributed by atoms with Crippen LogP contribution in [-0.2, 0) is 30.2 Å². The van der Waals surface area contributed by atoms with Crippen molar-refractivity contribution < 1.29 is 50.2 Å². The Kier molecular flexibility index (Phi) is 10.0. The van der Waals surface area contributed by atoms with E-state index in [4.69, 9.17) is 14.2 Å². The van der Waals surface area contributed by atoms with Gasteiger partial charge in [-0.25, -0.2) is 32.8 Å². The van der Waals surface area contributed by atoms with E-state index in [0.717, 1.165) is 0 Å². The van der Waals surface area contributed by atoms with Gasteiger partial charge >= 0.3 is 24.1 Å². The molecular formula is C34H37BrF3N3O8S. The lowest BCUT2D eigenvalue weighted by atomic mass is 10.0. The number of rotatable bonds is 6.